The molecule has 0 fully saturated rings. The molecule has 0 amide bonds. The highest BCUT2D eigenvalue weighted by atomic mass is 35.5. The minimum atomic E-state index is 0.676. The molecule has 0 aliphatic carbocycles. The van der Waals surface area contributed by atoms with Crippen LogP contribution in [0.4, 0.5) is 0 Å². The monoisotopic (exact) mass is 254 g/mol. The summed E-state index contributed by atoms with van der Waals surface area (Å²) in [7, 11) is 0. The van der Waals surface area contributed by atoms with E-state index in [0.29, 0.717) is 10.9 Å². The summed E-state index contributed by atoms with van der Waals surface area (Å²) >= 11 is 19.1. The Labute approximate surface area is 97.6 Å². The van der Waals surface area contributed by atoms with Crippen LogP contribution in [0.25, 0.3) is 0 Å². The van der Waals surface area contributed by atoms with Gasteiger partial charge in [-0.15, -0.1) is 11.6 Å². The van der Waals surface area contributed by atoms with Crippen molar-refractivity contribution in [2.45, 2.75) is 5.75 Å². The van der Waals surface area contributed by atoms with E-state index in [2.05, 4.69) is 0 Å². The van der Waals surface area contributed by atoms with Gasteiger partial charge in [0.1, 0.15) is 0 Å². The Bertz CT molecular complexity index is 276. The summed E-state index contributed by atoms with van der Waals surface area (Å²) in [6.45, 7) is 0. The molecule has 0 aliphatic rings. The fourth-order valence-corrected chi connectivity index (χ4v) is 2.48. The molecule has 0 nitrogen and oxygen atoms in total. The Morgan fingerprint density at radius 1 is 1.23 bits per heavy atom. The van der Waals surface area contributed by atoms with Gasteiger partial charge in [-0.1, -0.05) is 29.3 Å². The molecule has 0 heterocycles. The third-order valence-electron chi connectivity index (χ3n) is 1.49. The molecule has 1 aromatic carbocycles. The standard InChI is InChI=1S/C9H9Cl3S/c10-3-4-13-6-7-1-2-8(11)5-9(7)12/h1-2,5H,3-4,6H2. The molecule has 0 aromatic heterocycles. The van der Waals surface area contributed by atoms with Crippen LogP contribution >= 0.6 is 46.6 Å². The van der Waals surface area contributed by atoms with Crippen molar-refractivity contribution in [1.29, 1.82) is 0 Å². The van der Waals surface area contributed by atoms with E-state index in [1.54, 1.807) is 17.8 Å². The fourth-order valence-electron chi connectivity index (χ4n) is 0.875. The molecule has 1 aromatic rings. The van der Waals surface area contributed by atoms with E-state index < -0.39 is 0 Å². The average Bonchev–Trinajstić information content (AvgIpc) is 2.09. The third kappa shape index (κ3) is 3.99. The van der Waals surface area contributed by atoms with Crippen molar-refractivity contribution >= 4 is 46.6 Å². The van der Waals surface area contributed by atoms with Crippen molar-refractivity contribution in [3.05, 3.63) is 33.8 Å². The van der Waals surface area contributed by atoms with Crippen molar-refractivity contribution < 1.29 is 0 Å². The molecule has 0 atom stereocenters. The highest BCUT2D eigenvalue weighted by molar-refractivity contribution is 7.98. The van der Waals surface area contributed by atoms with Crippen molar-refractivity contribution in [2.75, 3.05) is 11.6 Å². The van der Waals surface area contributed by atoms with Crippen LogP contribution in [0.1, 0.15) is 5.56 Å². The van der Waals surface area contributed by atoms with Gasteiger partial charge in [0.05, 0.1) is 0 Å². The van der Waals surface area contributed by atoms with Crippen LogP contribution in [0.3, 0.4) is 0 Å². The highest BCUT2D eigenvalue weighted by Crippen LogP contribution is 2.24. The van der Waals surface area contributed by atoms with Crippen LogP contribution in [-0.2, 0) is 5.75 Å². The summed E-state index contributed by atoms with van der Waals surface area (Å²) < 4.78 is 0. The number of benzene rings is 1. The Balaban J connectivity index is 2.56. The van der Waals surface area contributed by atoms with E-state index in [0.717, 1.165) is 22.1 Å². The molecule has 0 bridgehead atoms. The second-order valence-corrected chi connectivity index (χ2v) is 4.80. The van der Waals surface area contributed by atoms with E-state index in [-0.39, 0.29) is 0 Å². The zero-order chi connectivity index (χ0) is 9.68. The summed E-state index contributed by atoms with van der Waals surface area (Å²) in [6, 6.07) is 5.57. The largest absolute Gasteiger partial charge is 0.156 e. The number of hydrogen-bond donors (Lipinski definition) is 0. The van der Waals surface area contributed by atoms with Crippen LogP contribution in [0.15, 0.2) is 18.2 Å². The number of alkyl halides is 1. The lowest BCUT2D eigenvalue weighted by atomic mass is 10.2. The van der Waals surface area contributed by atoms with E-state index in [9.17, 15) is 0 Å². The van der Waals surface area contributed by atoms with Gasteiger partial charge in [0.2, 0.25) is 0 Å². The van der Waals surface area contributed by atoms with Gasteiger partial charge in [0.25, 0.3) is 0 Å². The van der Waals surface area contributed by atoms with Crippen LogP contribution in [-0.4, -0.2) is 11.6 Å². The molecule has 0 radical (unpaired) electrons. The number of hydrogen-bond acceptors (Lipinski definition) is 1. The third-order valence-corrected chi connectivity index (χ3v) is 3.50. The van der Waals surface area contributed by atoms with E-state index in [4.69, 9.17) is 34.8 Å². The second kappa shape index (κ2) is 6.02. The Kier molecular flexibility index (Phi) is 5.34. The summed E-state index contributed by atoms with van der Waals surface area (Å²) in [5.41, 5.74) is 1.11. The van der Waals surface area contributed by atoms with Gasteiger partial charge >= 0.3 is 0 Å². The van der Waals surface area contributed by atoms with Crippen LogP contribution < -0.4 is 0 Å². The topological polar surface area (TPSA) is 0 Å². The van der Waals surface area contributed by atoms with Crippen molar-refractivity contribution in [1.82, 2.24) is 0 Å². The van der Waals surface area contributed by atoms with E-state index in [1.807, 2.05) is 12.1 Å². The first-order valence-electron chi connectivity index (χ1n) is 3.81. The zero-order valence-corrected chi connectivity index (χ0v) is 9.98. The van der Waals surface area contributed by atoms with Crippen molar-refractivity contribution in [2.24, 2.45) is 0 Å². The zero-order valence-electron chi connectivity index (χ0n) is 6.90. The second-order valence-electron chi connectivity index (χ2n) is 2.48. The maximum atomic E-state index is 5.98. The van der Waals surface area contributed by atoms with Crippen LogP contribution in [0.2, 0.25) is 10.0 Å². The molecule has 0 N–H and O–H groups in total. The van der Waals surface area contributed by atoms with Gasteiger partial charge < -0.3 is 0 Å². The number of rotatable bonds is 4. The minimum Gasteiger partial charge on any atom is -0.156 e. The molecule has 0 spiro atoms. The first-order chi connectivity index (χ1) is 6.24. The van der Waals surface area contributed by atoms with Gasteiger partial charge in [0, 0.05) is 27.4 Å². The smallest absolute Gasteiger partial charge is 0.0461 e. The molecular weight excluding hydrogens is 247 g/mol. The first-order valence-corrected chi connectivity index (χ1v) is 6.26. The molecular formula is C9H9Cl3S. The Morgan fingerprint density at radius 2 is 2.00 bits per heavy atom. The molecule has 72 valence electrons. The Hall–Kier alpha value is 0.440. The number of halogens is 3. The summed E-state index contributed by atoms with van der Waals surface area (Å²) in [5.74, 6) is 2.51. The molecule has 0 saturated carbocycles. The van der Waals surface area contributed by atoms with Crippen LogP contribution in [0.5, 0.6) is 0 Å². The maximum absolute atomic E-state index is 5.98. The lowest BCUT2D eigenvalue weighted by molar-refractivity contribution is 1.40. The highest BCUT2D eigenvalue weighted by Gasteiger charge is 2.00. The lowest BCUT2D eigenvalue weighted by Crippen LogP contribution is -1.85. The van der Waals surface area contributed by atoms with Gasteiger partial charge in [-0.2, -0.15) is 11.8 Å². The maximum Gasteiger partial charge on any atom is 0.0461 e. The van der Waals surface area contributed by atoms with Gasteiger partial charge in [-0.3, -0.25) is 0 Å². The molecule has 13 heavy (non-hydrogen) atoms. The molecule has 4 heteroatoms. The average molecular weight is 256 g/mol. The SMILES string of the molecule is ClCCSCc1ccc(Cl)cc1Cl. The summed E-state index contributed by atoms with van der Waals surface area (Å²) in [5, 5.41) is 1.41. The summed E-state index contributed by atoms with van der Waals surface area (Å²) in [4.78, 5) is 0. The number of thioether (sulfide) groups is 1. The normalized spacial score (nSPS) is 10.4. The molecule has 1 rings (SSSR count). The van der Waals surface area contributed by atoms with Gasteiger partial charge in [0.15, 0.2) is 0 Å². The fraction of sp³-hybridized carbons (Fsp3) is 0.333. The van der Waals surface area contributed by atoms with E-state index in [1.165, 1.54) is 0 Å². The first kappa shape index (κ1) is 11.5. The lowest BCUT2D eigenvalue weighted by Gasteiger charge is -2.03. The quantitative estimate of drug-likeness (QED) is 0.565. The molecule has 0 aliphatic heterocycles. The minimum absolute atomic E-state index is 0.676. The molecule has 0 unspecified atom stereocenters. The van der Waals surface area contributed by atoms with Crippen molar-refractivity contribution in [3.8, 4) is 0 Å². The van der Waals surface area contributed by atoms with Gasteiger partial charge in [-0.05, 0) is 17.7 Å². The van der Waals surface area contributed by atoms with Crippen LogP contribution in [0, 0.1) is 0 Å². The molecule has 0 saturated heterocycles. The predicted octanol–water partition coefficient (Wildman–Crippen LogP) is 4.47. The predicted molar refractivity (Wildman–Crippen MR) is 63.3 cm³/mol. The Morgan fingerprint density at radius 3 is 2.62 bits per heavy atom. The summed E-state index contributed by atoms with van der Waals surface area (Å²) in [6.07, 6.45) is 0. The van der Waals surface area contributed by atoms with Gasteiger partial charge in [-0.25, -0.2) is 0 Å². The van der Waals surface area contributed by atoms with E-state index >= 15 is 0 Å². The van der Waals surface area contributed by atoms with Crippen molar-refractivity contribution in [3.63, 3.8) is 0 Å².